The zero-order valence-electron chi connectivity index (χ0n) is 10.1. The first-order valence-electron chi connectivity index (χ1n) is 5.73. The molecule has 0 bridgehead atoms. The summed E-state index contributed by atoms with van der Waals surface area (Å²) in [5.41, 5.74) is 6.26. The molecule has 82 valence electrons. The van der Waals surface area contributed by atoms with Crippen molar-refractivity contribution in [1.82, 2.24) is 4.98 Å². The van der Waals surface area contributed by atoms with Gasteiger partial charge in [0.05, 0.1) is 5.69 Å². The molecule has 2 rings (SSSR count). The van der Waals surface area contributed by atoms with Gasteiger partial charge >= 0.3 is 0 Å². The van der Waals surface area contributed by atoms with Crippen LogP contribution in [0.3, 0.4) is 0 Å². The van der Waals surface area contributed by atoms with Gasteiger partial charge in [0.1, 0.15) is 0 Å². The Morgan fingerprint density at radius 2 is 1.81 bits per heavy atom. The number of aromatic nitrogens is 1. The van der Waals surface area contributed by atoms with Crippen molar-refractivity contribution in [3.05, 3.63) is 53.2 Å². The molecule has 0 atom stereocenters. The molecule has 1 aromatic heterocycles. The van der Waals surface area contributed by atoms with Crippen LogP contribution in [0.1, 0.15) is 23.6 Å². The quantitative estimate of drug-likeness (QED) is 0.733. The van der Waals surface area contributed by atoms with E-state index in [0.29, 0.717) is 0 Å². The largest absolute Gasteiger partial charge is 0.256 e. The van der Waals surface area contributed by atoms with Gasteiger partial charge in [0.15, 0.2) is 0 Å². The fourth-order valence-corrected chi connectivity index (χ4v) is 1.75. The number of hydrogen-bond donors (Lipinski definition) is 0. The molecule has 2 aromatic rings. The summed E-state index contributed by atoms with van der Waals surface area (Å²) in [6.45, 7) is 6.44. The van der Waals surface area contributed by atoms with Crippen LogP contribution in [0.25, 0.3) is 11.3 Å². The van der Waals surface area contributed by atoms with Gasteiger partial charge in [-0.05, 0) is 55.2 Å². The lowest BCUT2D eigenvalue weighted by molar-refractivity contribution is 1.12. The number of hydrogen-bond acceptors (Lipinski definition) is 1. The van der Waals surface area contributed by atoms with E-state index in [9.17, 15) is 0 Å². The van der Waals surface area contributed by atoms with Crippen molar-refractivity contribution in [3.63, 3.8) is 0 Å². The Labute approximate surface area is 97.2 Å². The second-order valence-corrected chi connectivity index (χ2v) is 4.20. The van der Waals surface area contributed by atoms with Crippen molar-refractivity contribution in [2.75, 3.05) is 0 Å². The maximum Gasteiger partial charge on any atom is 0.0704 e. The molecule has 1 heteroatoms. The molecule has 0 saturated carbocycles. The zero-order valence-corrected chi connectivity index (χ0v) is 10.1. The fourth-order valence-electron chi connectivity index (χ4n) is 1.75. The van der Waals surface area contributed by atoms with Crippen molar-refractivity contribution < 1.29 is 0 Å². The molecule has 0 N–H and O–H groups in total. The summed E-state index contributed by atoms with van der Waals surface area (Å²) in [5, 5.41) is 0. The van der Waals surface area contributed by atoms with Crippen LogP contribution in [0.4, 0.5) is 0 Å². The molecular formula is C15H17N. The number of rotatable bonds is 2. The molecule has 0 aliphatic carbocycles. The summed E-state index contributed by atoms with van der Waals surface area (Å²) in [4.78, 5) is 4.43. The van der Waals surface area contributed by atoms with Gasteiger partial charge in [0.2, 0.25) is 0 Å². The third kappa shape index (κ3) is 2.13. The SMILES string of the molecule is CCc1ccnc(-c2ccc(C)c(C)c2)c1. The molecule has 0 fully saturated rings. The summed E-state index contributed by atoms with van der Waals surface area (Å²) >= 11 is 0. The molecule has 1 heterocycles. The summed E-state index contributed by atoms with van der Waals surface area (Å²) in [5.74, 6) is 0. The summed E-state index contributed by atoms with van der Waals surface area (Å²) in [6, 6.07) is 10.8. The Kier molecular flexibility index (Phi) is 3.04. The summed E-state index contributed by atoms with van der Waals surface area (Å²) in [6.07, 6.45) is 2.95. The lowest BCUT2D eigenvalue weighted by Gasteiger charge is -2.06. The molecule has 1 nitrogen and oxygen atoms in total. The molecule has 0 unspecified atom stereocenters. The van der Waals surface area contributed by atoms with E-state index in [4.69, 9.17) is 0 Å². The Hall–Kier alpha value is -1.63. The van der Waals surface area contributed by atoms with E-state index in [1.807, 2.05) is 6.20 Å². The predicted molar refractivity (Wildman–Crippen MR) is 68.5 cm³/mol. The standard InChI is InChI=1S/C15H17N/c1-4-13-7-8-16-15(10-13)14-6-5-11(2)12(3)9-14/h5-10H,4H2,1-3H3. The molecule has 16 heavy (non-hydrogen) atoms. The van der Waals surface area contributed by atoms with Crippen LogP contribution in [-0.4, -0.2) is 4.98 Å². The van der Waals surface area contributed by atoms with Crippen LogP contribution >= 0.6 is 0 Å². The van der Waals surface area contributed by atoms with Gasteiger partial charge in [-0.2, -0.15) is 0 Å². The second kappa shape index (κ2) is 4.48. The predicted octanol–water partition coefficient (Wildman–Crippen LogP) is 3.93. The molecule has 0 saturated heterocycles. The monoisotopic (exact) mass is 211 g/mol. The Bertz CT molecular complexity index is 501. The molecule has 0 aliphatic heterocycles. The number of benzene rings is 1. The maximum atomic E-state index is 4.43. The second-order valence-electron chi connectivity index (χ2n) is 4.20. The molecule has 1 aromatic carbocycles. The van der Waals surface area contributed by atoms with E-state index in [-0.39, 0.29) is 0 Å². The van der Waals surface area contributed by atoms with E-state index < -0.39 is 0 Å². The van der Waals surface area contributed by atoms with Crippen molar-refractivity contribution in [3.8, 4) is 11.3 Å². The van der Waals surface area contributed by atoms with Crippen LogP contribution in [-0.2, 0) is 6.42 Å². The van der Waals surface area contributed by atoms with Crippen LogP contribution in [0, 0.1) is 13.8 Å². The summed E-state index contributed by atoms with van der Waals surface area (Å²) in [7, 11) is 0. The lowest BCUT2D eigenvalue weighted by Crippen LogP contribution is -1.88. The number of pyridine rings is 1. The first kappa shape index (κ1) is 10.9. The van der Waals surface area contributed by atoms with E-state index in [1.54, 1.807) is 0 Å². The van der Waals surface area contributed by atoms with Crippen molar-refractivity contribution >= 4 is 0 Å². The van der Waals surface area contributed by atoms with Gasteiger partial charge in [-0.3, -0.25) is 4.98 Å². The Morgan fingerprint density at radius 1 is 1.00 bits per heavy atom. The van der Waals surface area contributed by atoms with E-state index in [1.165, 1.54) is 22.3 Å². The van der Waals surface area contributed by atoms with Crippen LogP contribution in [0.15, 0.2) is 36.5 Å². The number of nitrogens with zero attached hydrogens (tertiary/aromatic N) is 1. The normalized spacial score (nSPS) is 10.4. The highest BCUT2D eigenvalue weighted by molar-refractivity contribution is 5.61. The first-order chi connectivity index (χ1) is 7.70. The van der Waals surface area contributed by atoms with E-state index in [0.717, 1.165) is 12.1 Å². The van der Waals surface area contributed by atoms with Crippen LogP contribution in [0.5, 0.6) is 0 Å². The molecule has 0 aliphatic rings. The first-order valence-corrected chi connectivity index (χ1v) is 5.73. The van der Waals surface area contributed by atoms with Crippen LogP contribution < -0.4 is 0 Å². The maximum absolute atomic E-state index is 4.43. The van der Waals surface area contributed by atoms with Crippen molar-refractivity contribution in [2.45, 2.75) is 27.2 Å². The molecule has 0 spiro atoms. The summed E-state index contributed by atoms with van der Waals surface area (Å²) < 4.78 is 0. The van der Waals surface area contributed by atoms with Crippen LogP contribution in [0.2, 0.25) is 0 Å². The van der Waals surface area contributed by atoms with Gasteiger partial charge in [0.25, 0.3) is 0 Å². The van der Waals surface area contributed by atoms with Gasteiger partial charge < -0.3 is 0 Å². The van der Waals surface area contributed by atoms with Gasteiger partial charge in [-0.1, -0.05) is 19.1 Å². The molecule has 0 amide bonds. The van der Waals surface area contributed by atoms with Gasteiger partial charge in [-0.15, -0.1) is 0 Å². The number of aryl methyl sites for hydroxylation is 3. The van der Waals surface area contributed by atoms with Gasteiger partial charge in [0, 0.05) is 11.8 Å². The molecule has 0 radical (unpaired) electrons. The average Bonchev–Trinajstić information content (AvgIpc) is 2.33. The highest BCUT2D eigenvalue weighted by atomic mass is 14.7. The smallest absolute Gasteiger partial charge is 0.0704 e. The minimum Gasteiger partial charge on any atom is -0.256 e. The van der Waals surface area contributed by atoms with E-state index >= 15 is 0 Å². The zero-order chi connectivity index (χ0) is 11.5. The minimum absolute atomic E-state index is 1.06. The topological polar surface area (TPSA) is 12.9 Å². The minimum atomic E-state index is 1.06. The van der Waals surface area contributed by atoms with Gasteiger partial charge in [-0.25, -0.2) is 0 Å². The highest BCUT2D eigenvalue weighted by Gasteiger charge is 2.01. The average molecular weight is 211 g/mol. The Balaban J connectivity index is 2.46. The fraction of sp³-hybridized carbons (Fsp3) is 0.267. The highest BCUT2D eigenvalue weighted by Crippen LogP contribution is 2.21. The van der Waals surface area contributed by atoms with Crippen molar-refractivity contribution in [2.24, 2.45) is 0 Å². The molecular weight excluding hydrogens is 194 g/mol. The van der Waals surface area contributed by atoms with Crippen molar-refractivity contribution in [1.29, 1.82) is 0 Å². The third-order valence-corrected chi connectivity index (χ3v) is 3.04. The third-order valence-electron chi connectivity index (χ3n) is 3.04. The Morgan fingerprint density at radius 3 is 2.50 bits per heavy atom. The van der Waals surface area contributed by atoms with E-state index in [2.05, 4.69) is 56.1 Å². The lowest BCUT2D eigenvalue weighted by atomic mass is 10.0.